The Kier molecular flexibility index (Phi) is 5.62. The summed E-state index contributed by atoms with van der Waals surface area (Å²) in [6.07, 6.45) is 6.65. The first-order valence-corrected chi connectivity index (χ1v) is 7.66. The molecule has 1 heterocycles. The molecule has 1 saturated heterocycles. The maximum absolute atomic E-state index is 9.55. The molecule has 0 aromatic carbocycles. The molecule has 3 atom stereocenters. The first-order valence-electron chi connectivity index (χ1n) is 7.66. The number of nitriles is 1. The Morgan fingerprint density at radius 1 is 1.47 bits per heavy atom. The van der Waals surface area contributed by atoms with Crippen molar-refractivity contribution in [1.82, 2.24) is 5.32 Å². The zero-order valence-corrected chi connectivity index (χ0v) is 12.0. The van der Waals surface area contributed by atoms with E-state index in [1.807, 2.05) is 0 Å². The Morgan fingerprint density at radius 2 is 2.37 bits per heavy atom. The van der Waals surface area contributed by atoms with Crippen LogP contribution in [0.5, 0.6) is 0 Å². The van der Waals surface area contributed by atoms with E-state index in [0.717, 1.165) is 64.9 Å². The van der Waals surface area contributed by atoms with Crippen LogP contribution in [0.25, 0.3) is 0 Å². The first kappa shape index (κ1) is 14.8. The number of rotatable bonds is 7. The molecule has 3 unspecified atom stereocenters. The monoisotopic (exact) mass is 266 g/mol. The Labute approximate surface area is 116 Å². The molecule has 108 valence electrons. The third-order valence-corrected chi connectivity index (χ3v) is 4.42. The minimum Gasteiger partial charge on any atom is -0.379 e. The van der Waals surface area contributed by atoms with Gasteiger partial charge in [-0.1, -0.05) is 13.3 Å². The molecule has 0 aromatic rings. The largest absolute Gasteiger partial charge is 0.379 e. The van der Waals surface area contributed by atoms with Crippen LogP contribution in [0.4, 0.5) is 0 Å². The maximum Gasteiger partial charge on any atom is 0.109 e. The van der Waals surface area contributed by atoms with Crippen LogP contribution in [0.1, 0.15) is 45.4 Å². The van der Waals surface area contributed by atoms with E-state index in [2.05, 4.69) is 18.3 Å². The lowest BCUT2D eigenvalue weighted by Crippen LogP contribution is -2.47. The summed E-state index contributed by atoms with van der Waals surface area (Å²) in [7, 11) is 0. The molecule has 1 N–H and O–H groups in total. The molecule has 1 saturated carbocycles. The van der Waals surface area contributed by atoms with Crippen LogP contribution in [0.2, 0.25) is 0 Å². The molecule has 4 heteroatoms. The fourth-order valence-electron chi connectivity index (χ4n) is 3.26. The van der Waals surface area contributed by atoms with E-state index in [4.69, 9.17) is 9.47 Å². The Bertz CT molecular complexity index is 310. The van der Waals surface area contributed by atoms with Crippen LogP contribution in [0, 0.1) is 17.2 Å². The molecule has 19 heavy (non-hydrogen) atoms. The van der Waals surface area contributed by atoms with Gasteiger partial charge in [-0.3, -0.25) is 5.32 Å². The van der Waals surface area contributed by atoms with Crippen molar-refractivity contribution in [2.45, 2.75) is 57.1 Å². The molecule has 0 spiro atoms. The summed E-state index contributed by atoms with van der Waals surface area (Å²) in [6.45, 7) is 5.40. The highest BCUT2D eigenvalue weighted by molar-refractivity contribution is 5.14. The molecular formula is C15H26N2O2. The van der Waals surface area contributed by atoms with E-state index in [9.17, 15) is 5.26 Å². The molecule has 1 aliphatic heterocycles. The third kappa shape index (κ3) is 3.68. The Morgan fingerprint density at radius 3 is 3.05 bits per heavy atom. The molecule has 0 amide bonds. The van der Waals surface area contributed by atoms with Crippen molar-refractivity contribution in [2.24, 2.45) is 5.92 Å². The van der Waals surface area contributed by atoms with Gasteiger partial charge in [0.15, 0.2) is 0 Å². The highest BCUT2D eigenvalue weighted by Crippen LogP contribution is 2.37. The molecule has 4 nitrogen and oxygen atoms in total. The van der Waals surface area contributed by atoms with Gasteiger partial charge in [0.2, 0.25) is 0 Å². The Balaban J connectivity index is 1.78. The highest BCUT2D eigenvalue weighted by atomic mass is 16.5. The van der Waals surface area contributed by atoms with Gasteiger partial charge in [-0.2, -0.15) is 5.26 Å². The zero-order chi connectivity index (χ0) is 13.6. The molecule has 0 aromatic heterocycles. The van der Waals surface area contributed by atoms with Gasteiger partial charge in [-0.15, -0.1) is 0 Å². The molecule has 2 aliphatic rings. The first-order chi connectivity index (χ1) is 9.30. The van der Waals surface area contributed by atoms with Crippen molar-refractivity contribution in [3.8, 4) is 6.07 Å². The summed E-state index contributed by atoms with van der Waals surface area (Å²) in [5.74, 6) is 0.436. The smallest absolute Gasteiger partial charge is 0.109 e. The van der Waals surface area contributed by atoms with Crippen LogP contribution in [0.3, 0.4) is 0 Å². The summed E-state index contributed by atoms with van der Waals surface area (Å²) >= 11 is 0. The fourth-order valence-corrected chi connectivity index (χ4v) is 3.26. The molecular weight excluding hydrogens is 240 g/mol. The van der Waals surface area contributed by atoms with E-state index in [1.54, 1.807) is 0 Å². The minimum atomic E-state index is -0.300. The average molecular weight is 266 g/mol. The number of ether oxygens (including phenoxy) is 2. The van der Waals surface area contributed by atoms with Crippen LogP contribution in [-0.4, -0.2) is 38.0 Å². The predicted octanol–water partition coefficient (Wildman–Crippen LogP) is 2.24. The molecule has 1 aliphatic carbocycles. The van der Waals surface area contributed by atoms with Gasteiger partial charge < -0.3 is 9.47 Å². The van der Waals surface area contributed by atoms with Crippen LogP contribution in [-0.2, 0) is 9.47 Å². The van der Waals surface area contributed by atoms with E-state index in [1.165, 1.54) is 0 Å². The minimum absolute atomic E-state index is 0.279. The molecule has 2 fully saturated rings. The molecule has 0 bridgehead atoms. The quantitative estimate of drug-likeness (QED) is 0.768. The van der Waals surface area contributed by atoms with Gasteiger partial charge in [0.1, 0.15) is 5.54 Å². The van der Waals surface area contributed by atoms with Gasteiger partial charge in [0.05, 0.1) is 18.8 Å². The summed E-state index contributed by atoms with van der Waals surface area (Å²) < 4.78 is 11.2. The second-order valence-corrected chi connectivity index (χ2v) is 5.74. The van der Waals surface area contributed by atoms with Gasteiger partial charge in [-0.05, 0) is 44.6 Å². The highest BCUT2D eigenvalue weighted by Gasteiger charge is 2.42. The van der Waals surface area contributed by atoms with E-state index in [0.29, 0.717) is 5.92 Å². The predicted molar refractivity (Wildman–Crippen MR) is 73.8 cm³/mol. The number of nitrogens with one attached hydrogen (secondary N) is 1. The van der Waals surface area contributed by atoms with E-state index >= 15 is 0 Å². The van der Waals surface area contributed by atoms with E-state index < -0.39 is 0 Å². The van der Waals surface area contributed by atoms with Gasteiger partial charge >= 0.3 is 0 Å². The van der Waals surface area contributed by atoms with Gasteiger partial charge in [-0.25, -0.2) is 0 Å². The average Bonchev–Trinajstić information content (AvgIpc) is 3.07. The number of nitrogens with zero attached hydrogens (tertiary/aromatic N) is 1. The van der Waals surface area contributed by atoms with Crippen molar-refractivity contribution in [1.29, 1.82) is 5.26 Å². The fraction of sp³-hybridized carbons (Fsp3) is 0.933. The van der Waals surface area contributed by atoms with Crippen molar-refractivity contribution >= 4 is 0 Å². The standard InChI is InChI=1S/C15H26N2O2/c1-2-8-17-15(12-16)7-3-4-13(15)5-10-19-14-6-9-18-11-14/h13-14,17H,2-11H2,1H3. The van der Waals surface area contributed by atoms with Gasteiger partial charge in [0.25, 0.3) is 0 Å². The molecule has 2 rings (SSSR count). The van der Waals surface area contributed by atoms with Crippen molar-refractivity contribution in [3.05, 3.63) is 0 Å². The second-order valence-electron chi connectivity index (χ2n) is 5.74. The Hall–Kier alpha value is -0.630. The lowest BCUT2D eigenvalue weighted by molar-refractivity contribution is 0.0322. The SMILES string of the molecule is CCCNC1(C#N)CCCC1CCOC1CCOC1. The lowest BCUT2D eigenvalue weighted by Gasteiger charge is -2.30. The summed E-state index contributed by atoms with van der Waals surface area (Å²) in [4.78, 5) is 0. The maximum atomic E-state index is 9.55. The number of hydrogen-bond acceptors (Lipinski definition) is 4. The van der Waals surface area contributed by atoms with Crippen molar-refractivity contribution in [2.75, 3.05) is 26.4 Å². The van der Waals surface area contributed by atoms with E-state index in [-0.39, 0.29) is 11.6 Å². The lowest BCUT2D eigenvalue weighted by atomic mass is 9.86. The summed E-state index contributed by atoms with van der Waals surface area (Å²) in [5.41, 5.74) is -0.300. The van der Waals surface area contributed by atoms with Crippen LogP contribution < -0.4 is 5.32 Å². The van der Waals surface area contributed by atoms with Gasteiger partial charge in [0, 0.05) is 13.2 Å². The van der Waals surface area contributed by atoms with Crippen LogP contribution >= 0.6 is 0 Å². The summed E-state index contributed by atoms with van der Waals surface area (Å²) in [6, 6.07) is 2.55. The molecule has 0 radical (unpaired) electrons. The normalized spacial score (nSPS) is 34.5. The van der Waals surface area contributed by atoms with Crippen molar-refractivity contribution in [3.63, 3.8) is 0 Å². The topological polar surface area (TPSA) is 54.3 Å². The summed E-state index contributed by atoms with van der Waals surface area (Å²) in [5, 5.41) is 13.0. The van der Waals surface area contributed by atoms with Crippen molar-refractivity contribution < 1.29 is 9.47 Å². The van der Waals surface area contributed by atoms with Crippen LogP contribution in [0.15, 0.2) is 0 Å². The zero-order valence-electron chi connectivity index (χ0n) is 12.0. The second kappa shape index (κ2) is 7.23. The third-order valence-electron chi connectivity index (χ3n) is 4.42. The number of hydrogen-bond donors (Lipinski definition) is 1.